The second-order valence-electron chi connectivity index (χ2n) is 6.49. The van der Waals surface area contributed by atoms with E-state index < -0.39 is 0 Å². The molecule has 0 saturated heterocycles. The molecule has 0 heterocycles. The lowest BCUT2D eigenvalue weighted by Crippen LogP contribution is -2.30. The number of allylic oxidation sites excluding steroid dienone is 1. The van der Waals surface area contributed by atoms with Crippen molar-refractivity contribution >= 4 is 23.5 Å². The van der Waals surface area contributed by atoms with Gasteiger partial charge in [-0.3, -0.25) is 4.79 Å². The van der Waals surface area contributed by atoms with E-state index in [0.29, 0.717) is 5.92 Å². The second kappa shape index (κ2) is 6.87. The van der Waals surface area contributed by atoms with Gasteiger partial charge in [0.25, 0.3) is 0 Å². The zero-order valence-electron chi connectivity index (χ0n) is 13.1. The van der Waals surface area contributed by atoms with Crippen molar-refractivity contribution in [2.24, 2.45) is 11.8 Å². The summed E-state index contributed by atoms with van der Waals surface area (Å²) in [4.78, 5) is 12.4. The molecular formula is C19H23ClO2. The maximum atomic E-state index is 12.4. The van der Waals surface area contributed by atoms with Crippen molar-refractivity contribution in [1.29, 1.82) is 0 Å². The van der Waals surface area contributed by atoms with Gasteiger partial charge in [0.15, 0.2) is 5.78 Å². The molecule has 0 N–H and O–H groups in total. The van der Waals surface area contributed by atoms with Crippen molar-refractivity contribution in [2.75, 3.05) is 7.11 Å². The molecule has 22 heavy (non-hydrogen) atoms. The Labute approximate surface area is 137 Å². The summed E-state index contributed by atoms with van der Waals surface area (Å²) < 4.78 is 5.39. The van der Waals surface area contributed by atoms with Crippen LogP contribution in [0.3, 0.4) is 0 Å². The van der Waals surface area contributed by atoms with E-state index in [0.717, 1.165) is 35.6 Å². The topological polar surface area (TPSA) is 26.3 Å². The normalized spacial score (nSPS) is 28.3. The first kappa shape index (κ1) is 15.6. The van der Waals surface area contributed by atoms with Crippen LogP contribution in [0.15, 0.2) is 29.8 Å². The summed E-state index contributed by atoms with van der Waals surface area (Å²) in [5, 5.41) is -0.361. The molecule has 2 nitrogen and oxygen atoms in total. The predicted octanol–water partition coefficient (Wildman–Crippen LogP) is 4.86. The second-order valence-corrected chi connectivity index (χ2v) is 7.01. The van der Waals surface area contributed by atoms with Crippen molar-refractivity contribution in [3.8, 4) is 5.75 Å². The van der Waals surface area contributed by atoms with Crippen molar-refractivity contribution < 1.29 is 9.53 Å². The molecule has 3 heteroatoms. The first-order valence-electron chi connectivity index (χ1n) is 8.21. The van der Waals surface area contributed by atoms with Crippen LogP contribution in [0, 0.1) is 11.8 Å². The van der Waals surface area contributed by atoms with Gasteiger partial charge < -0.3 is 4.74 Å². The third-order valence-electron chi connectivity index (χ3n) is 5.13. The highest BCUT2D eigenvalue weighted by molar-refractivity contribution is 6.34. The summed E-state index contributed by atoms with van der Waals surface area (Å²) in [5.41, 5.74) is 1.83. The number of methoxy groups -OCH3 is 1. The van der Waals surface area contributed by atoms with Crippen LogP contribution in [-0.2, 0) is 4.79 Å². The van der Waals surface area contributed by atoms with Gasteiger partial charge in [-0.15, -0.1) is 11.6 Å². The molecule has 0 aliphatic heterocycles. The Kier molecular flexibility index (Phi) is 4.87. The SMILES string of the molecule is COc1ccccc1C=C1CC(C2CCCC2)CC(Cl)C1=O. The highest BCUT2D eigenvalue weighted by atomic mass is 35.5. The van der Waals surface area contributed by atoms with Crippen LogP contribution < -0.4 is 4.74 Å². The van der Waals surface area contributed by atoms with Crippen LogP contribution in [-0.4, -0.2) is 18.3 Å². The molecule has 2 unspecified atom stereocenters. The summed E-state index contributed by atoms with van der Waals surface area (Å²) >= 11 is 6.35. The number of rotatable bonds is 3. The number of hydrogen-bond acceptors (Lipinski definition) is 2. The summed E-state index contributed by atoms with van der Waals surface area (Å²) in [6.45, 7) is 0. The van der Waals surface area contributed by atoms with E-state index in [4.69, 9.17) is 16.3 Å². The Morgan fingerprint density at radius 2 is 1.91 bits per heavy atom. The van der Waals surface area contributed by atoms with Crippen LogP contribution in [0.1, 0.15) is 44.1 Å². The minimum atomic E-state index is -0.361. The lowest BCUT2D eigenvalue weighted by atomic mass is 9.76. The lowest BCUT2D eigenvalue weighted by Gasteiger charge is -2.31. The Morgan fingerprint density at radius 1 is 1.18 bits per heavy atom. The molecule has 2 fully saturated rings. The first-order valence-corrected chi connectivity index (χ1v) is 8.64. The molecule has 0 spiro atoms. The quantitative estimate of drug-likeness (QED) is 0.588. The molecule has 2 aliphatic carbocycles. The maximum Gasteiger partial charge on any atom is 0.176 e. The van der Waals surface area contributed by atoms with Crippen molar-refractivity contribution in [3.05, 3.63) is 35.4 Å². The van der Waals surface area contributed by atoms with E-state index in [1.54, 1.807) is 7.11 Å². The molecule has 2 aliphatic rings. The first-order chi connectivity index (χ1) is 10.7. The summed E-state index contributed by atoms with van der Waals surface area (Å²) in [6.07, 6.45) is 8.94. The highest BCUT2D eigenvalue weighted by Crippen LogP contribution is 2.42. The number of para-hydroxylation sites is 1. The molecule has 1 aromatic rings. The third kappa shape index (κ3) is 3.22. The van der Waals surface area contributed by atoms with E-state index in [9.17, 15) is 4.79 Å². The number of carbonyl (C=O) groups is 1. The van der Waals surface area contributed by atoms with Gasteiger partial charge in [0.05, 0.1) is 12.5 Å². The standard InChI is InChI=1S/C19H23ClO2/c1-22-18-9-5-4-8-14(18)10-16-11-15(12-17(20)19(16)21)13-6-2-3-7-13/h4-5,8-10,13,15,17H,2-3,6-7,11-12H2,1H3. The minimum absolute atomic E-state index is 0.0989. The van der Waals surface area contributed by atoms with Gasteiger partial charge in [0.1, 0.15) is 5.75 Å². The number of ether oxygens (including phenoxy) is 1. The maximum absolute atomic E-state index is 12.4. The van der Waals surface area contributed by atoms with Crippen LogP contribution in [0.25, 0.3) is 6.08 Å². The number of Topliss-reactive ketones (excluding diaryl/α,β-unsaturated/α-hetero) is 1. The van der Waals surface area contributed by atoms with Crippen molar-refractivity contribution in [3.63, 3.8) is 0 Å². The van der Waals surface area contributed by atoms with E-state index in [1.807, 2.05) is 30.3 Å². The monoisotopic (exact) mass is 318 g/mol. The number of ketones is 1. The predicted molar refractivity (Wildman–Crippen MR) is 90.3 cm³/mol. The molecule has 0 aromatic heterocycles. The zero-order chi connectivity index (χ0) is 15.5. The van der Waals surface area contributed by atoms with Crippen LogP contribution in [0.4, 0.5) is 0 Å². The molecule has 1 aromatic carbocycles. The average molecular weight is 319 g/mol. The largest absolute Gasteiger partial charge is 0.496 e. The molecule has 2 saturated carbocycles. The number of halogens is 1. The van der Waals surface area contributed by atoms with Gasteiger partial charge in [0, 0.05) is 5.56 Å². The number of hydrogen-bond donors (Lipinski definition) is 0. The van der Waals surface area contributed by atoms with Gasteiger partial charge in [-0.1, -0.05) is 43.9 Å². The molecular weight excluding hydrogens is 296 g/mol. The Morgan fingerprint density at radius 3 is 2.64 bits per heavy atom. The van der Waals surface area contributed by atoms with Gasteiger partial charge in [-0.05, 0) is 42.4 Å². The lowest BCUT2D eigenvalue weighted by molar-refractivity contribution is -0.116. The fourth-order valence-corrected chi connectivity index (χ4v) is 4.30. The van der Waals surface area contributed by atoms with Crippen LogP contribution >= 0.6 is 11.6 Å². The summed E-state index contributed by atoms with van der Waals surface area (Å²) in [7, 11) is 1.66. The molecule has 0 bridgehead atoms. The average Bonchev–Trinajstić information content (AvgIpc) is 3.06. The van der Waals surface area contributed by atoms with Crippen molar-refractivity contribution in [2.45, 2.75) is 43.9 Å². The number of alkyl halides is 1. The zero-order valence-corrected chi connectivity index (χ0v) is 13.8. The fraction of sp³-hybridized carbons (Fsp3) is 0.526. The van der Waals surface area contributed by atoms with E-state index >= 15 is 0 Å². The summed E-state index contributed by atoms with van der Waals surface area (Å²) in [5.74, 6) is 2.21. The number of benzene rings is 1. The molecule has 3 rings (SSSR count). The molecule has 0 radical (unpaired) electrons. The summed E-state index contributed by atoms with van der Waals surface area (Å²) in [6, 6.07) is 7.82. The molecule has 0 amide bonds. The number of carbonyl (C=O) groups excluding carboxylic acids is 1. The fourth-order valence-electron chi connectivity index (χ4n) is 3.93. The Hall–Kier alpha value is -1.28. The smallest absolute Gasteiger partial charge is 0.176 e. The van der Waals surface area contributed by atoms with E-state index in [2.05, 4.69) is 0 Å². The van der Waals surface area contributed by atoms with Crippen LogP contribution in [0.2, 0.25) is 0 Å². The Bertz CT molecular complexity index is 573. The molecule has 118 valence electrons. The highest BCUT2D eigenvalue weighted by Gasteiger charge is 2.36. The van der Waals surface area contributed by atoms with Crippen LogP contribution in [0.5, 0.6) is 5.75 Å². The van der Waals surface area contributed by atoms with E-state index in [1.165, 1.54) is 25.7 Å². The minimum Gasteiger partial charge on any atom is -0.496 e. The third-order valence-corrected chi connectivity index (χ3v) is 5.50. The molecule has 2 atom stereocenters. The Balaban J connectivity index is 1.86. The van der Waals surface area contributed by atoms with Gasteiger partial charge in [-0.25, -0.2) is 0 Å². The van der Waals surface area contributed by atoms with Crippen molar-refractivity contribution in [1.82, 2.24) is 0 Å². The van der Waals surface area contributed by atoms with Gasteiger partial charge in [0.2, 0.25) is 0 Å². The van der Waals surface area contributed by atoms with Gasteiger partial charge in [-0.2, -0.15) is 0 Å². The van der Waals surface area contributed by atoms with E-state index in [-0.39, 0.29) is 11.2 Å². The van der Waals surface area contributed by atoms with Gasteiger partial charge >= 0.3 is 0 Å².